The maximum Gasteiger partial charge on any atom is 0.271 e. The lowest BCUT2D eigenvalue weighted by Crippen LogP contribution is -2.30. The van der Waals surface area contributed by atoms with E-state index in [-0.39, 0.29) is 16.7 Å². The molecule has 0 spiro atoms. The molecule has 5 heteroatoms. The summed E-state index contributed by atoms with van der Waals surface area (Å²) in [6.07, 6.45) is 0.943. The molecule has 1 aromatic rings. The summed E-state index contributed by atoms with van der Waals surface area (Å²) >= 11 is 0. The first-order valence-corrected chi connectivity index (χ1v) is 6.15. The van der Waals surface area contributed by atoms with Gasteiger partial charge in [0.05, 0.1) is 4.92 Å². The molecule has 0 bridgehead atoms. The van der Waals surface area contributed by atoms with E-state index in [0.717, 1.165) is 17.7 Å². The molecule has 1 aromatic carbocycles. The predicted octanol–water partition coefficient (Wildman–Crippen LogP) is 2.69. The highest BCUT2D eigenvalue weighted by molar-refractivity contribution is 5.54. The summed E-state index contributed by atoms with van der Waals surface area (Å²) in [7, 11) is 0. The first-order chi connectivity index (χ1) is 8.42. The Hall–Kier alpha value is -1.62. The number of nitrogens with two attached hydrogens (primary N) is 1. The van der Waals surface area contributed by atoms with Crippen molar-refractivity contribution in [3.8, 4) is 0 Å². The molecule has 100 valence electrons. The number of hydrogen-bond donors (Lipinski definition) is 2. The normalized spacial score (nSPS) is 12.5. The standard InChI is InChI=1S/C13H21N3O2/c1-9(2)4-12(8-14)15-11-5-10(3)6-13(7-11)16(17)18/h5-7,9,12,15H,4,8,14H2,1-3H3. The average Bonchev–Trinajstić information content (AvgIpc) is 2.26. The lowest BCUT2D eigenvalue weighted by molar-refractivity contribution is -0.384. The molecule has 0 aliphatic carbocycles. The quantitative estimate of drug-likeness (QED) is 0.601. The molecule has 5 nitrogen and oxygen atoms in total. The Morgan fingerprint density at radius 3 is 2.56 bits per heavy atom. The fourth-order valence-corrected chi connectivity index (χ4v) is 1.97. The Balaban J connectivity index is 2.85. The Morgan fingerprint density at radius 2 is 2.06 bits per heavy atom. The lowest BCUT2D eigenvalue weighted by atomic mass is 10.0. The van der Waals surface area contributed by atoms with Crippen LogP contribution >= 0.6 is 0 Å². The summed E-state index contributed by atoms with van der Waals surface area (Å²) in [5, 5.41) is 14.1. The maximum absolute atomic E-state index is 10.8. The molecule has 0 fully saturated rings. The van der Waals surface area contributed by atoms with Crippen LogP contribution in [0.25, 0.3) is 0 Å². The van der Waals surface area contributed by atoms with Crippen molar-refractivity contribution in [3.63, 3.8) is 0 Å². The zero-order valence-corrected chi connectivity index (χ0v) is 11.1. The van der Waals surface area contributed by atoms with Gasteiger partial charge in [-0.3, -0.25) is 10.1 Å². The minimum Gasteiger partial charge on any atom is -0.381 e. The zero-order valence-electron chi connectivity index (χ0n) is 11.1. The highest BCUT2D eigenvalue weighted by atomic mass is 16.6. The number of nitrogens with one attached hydrogen (secondary N) is 1. The molecule has 1 unspecified atom stereocenters. The number of non-ortho nitro benzene ring substituents is 1. The molecule has 1 rings (SSSR count). The van der Waals surface area contributed by atoms with Gasteiger partial charge in [-0.2, -0.15) is 0 Å². The van der Waals surface area contributed by atoms with E-state index in [1.165, 1.54) is 0 Å². The van der Waals surface area contributed by atoms with Crippen molar-refractivity contribution >= 4 is 11.4 Å². The molecule has 0 amide bonds. The van der Waals surface area contributed by atoms with Crippen molar-refractivity contribution in [3.05, 3.63) is 33.9 Å². The molecular formula is C13H21N3O2. The minimum absolute atomic E-state index is 0.109. The molecule has 0 heterocycles. The highest BCUT2D eigenvalue weighted by Crippen LogP contribution is 2.21. The van der Waals surface area contributed by atoms with E-state index in [9.17, 15) is 10.1 Å². The SMILES string of the molecule is Cc1cc(NC(CN)CC(C)C)cc([N+](=O)[O-])c1. The molecular weight excluding hydrogens is 230 g/mol. The number of benzene rings is 1. The summed E-state index contributed by atoms with van der Waals surface area (Å²) in [4.78, 5) is 10.4. The average molecular weight is 251 g/mol. The van der Waals surface area contributed by atoms with Gasteiger partial charge in [0.25, 0.3) is 5.69 Å². The first-order valence-electron chi connectivity index (χ1n) is 6.15. The van der Waals surface area contributed by atoms with Gasteiger partial charge < -0.3 is 11.1 Å². The largest absolute Gasteiger partial charge is 0.381 e. The Morgan fingerprint density at radius 1 is 1.39 bits per heavy atom. The molecule has 0 saturated carbocycles. The van der Waals surface area contributed by atoms with Crippen LogP contribution in [0.4, 0.5) is 11.4 Å². The van der Waals surface area contributed by atoms with E-state index in [4.69, 9.17) is 5.73 Å². The van der Waals surface area contributed by atoms with Crippen LogP contribution in [0.15, 0.2) is 18.2 Å². The summed E-state index contributed by atoms with van der Waals surface area (Å²) < 4.78 is 0. The zero-order chi connectivity index (χ0) is 13.7. The number of hydrogen-bond acceptors (Lipinski definition) is 4. The van der Waals surface area contributed by atoms with Gasteiger partial charge in [-0.25, -0.2) is 0 Å². The van der Waals surface area contributed by atoms with Crippen LogP contribution in [0.2, 0.25) is 0 Å². The van der Waals surface area contributed by atoms with Gasteiger partial charge >= 0.3 is 0 Å². The van der Waals surface area contributed by atoms with Gasteiger partial charge in [0.1, 0.15) is 0 Å². The smallest absolute Gasteiger partial charge is 0.271 e. The number of nitro groups is 1. The van der Waals surface area contributed by atoms with Gasteiger partial charge in [-0.05, 0) is 30.9 Å². The van der Waals surface area contributed by atoms with Crippen LogP contribution in [0.5, 0.6) is 0 Å². The van der Waals surface area contributed by atoms with E-state index in [0.29, 0.717) is 12.5 Å². The fourth-order valence-electron chi connectivity index (χ4n) is 1.97. The Bertz CT molecular complexity index is 419. The van der Waals surface area contributed by atoms with Crippen LogP contribution in [-0.4, -0.2) is 17.5 Å². The number of anilines is 1. The van der Waals surface area contributed by atoms with Gasteiger partial charge in [0.2, 0.25) is 0 Å². The topological polar surface area (TPSA) is 81.2 Å². The van der Waals surface area contributed by atoms with Crippen LogP contribution in [-0.2, 0) is 0 Å². The number of aryl methyl sites for hydroxylation is 1. The fraction of sp³-hybridized carbons (Fsp3) is 0.538. The second-order valence-electron chi connectivity index (χ2n) is 5.02. The molecule has 0 radical (unpaired) electrons. The van der Waals surface area contributed by atoms with Crippen molar-refractivity contribution in [2.24, 2.45) is 11.7 Å². The lowest BCUT2D eigenvalue weighted by Gasteiger charge is -2.20. The summed E-state index contributed by atoms with van der Waals surface area (Å²) in [5.41, 5.74) is 7.45. The number of rotatable bonds is 6. The van der Waals surface area contributed by atoms with Crippen molar-refractivity contribution in [1.29, 1.82) is 0 Å². The van der Waals surface area contributed by atoms with Crippen LogP contribution < -0.4 is 11.1 Å². The van der Waals surface area contributed by atoms with Crippen molar-refractivity contribution in [1.82, 2.24) is 0 Å². The van der Waals surface area contributed by atoms with E-state index in [1.807, 2.05) is 13.0 Å². The number of nitro benzene ring substituents is 1. The minimum atomic E-state index is -0.377. The van der Waals surface area contributed by atoms with E-state index in [2.05, 4.69) is 19.2 Å². The Kier molecular flexibility index (Phi) is 5.09. The third-order valence-corrected chi connectivity index (χ3v) is 2.68. The van der Waals surface area contributed by atoms with Crippen LogP contribution in [0.1, 0.15) is 25.8 Å². The van der Waals surface area contributed by atoms with Crippen molar-refractivity contribution in [2.45, 2.75) is 33.2 Å². The molecule has 1 atom stereocenters. The van der Waals surface area contributed by atoms with Crippen molar-refractivity contribution < 1.29 is 4.92 Å². The third kappa shape index (κ3) is 4.33. The predicted molar refractivity (Wildman–Crippen MR) is 73.8 cm³/mol. The second-order valence-corrected chi connectivity index (χ2v) is 5.02. The molecule has 18 heavy (non-hydrogen) atoms. The molecule has 3 N–H and O–H groups in total. The first kappa shape index (κ1) is 14.4. The van der Waals surface area contributed by atoms with Gasteiger partial charge in [-0.15, -0.1) is 0 Å². The summed E-state index contributed by atoms with van der Waals surface area (Å²) in [5.74, 6) is 0.533. The molecule has 0 aliphatic rings. The van der Waals surface area contributed by atoms with E-state index < -0.39 is 0 Å². The number of nitrogens with zero attached hydrogens (tertiary/aromatic N) is 1. The third-order valence-electron chi connectivity index (χ3n) is 2.68. The highest BCUT2D eigenvalue weighted by Gasteiger charge is 2.12. The van der Waals surface area contributed by atoms with Crippen LogP contribution in [0.3, 0.4) is 0 Å². The van der Waals surface area contributed by atoms with Gasteiger partial charge in [0.15, 0.2) is 0 Å². The van der Waals surface area contributed by atoms with Gasteiger partial charge in [-0.1, -0.05) is 13.8 Å². The molecule has 0 saturated heterocycles. The summed E-state index contributed by atoms with van der Waals surface area (Å²) in [6, 6.07) is 5.16. The monoisotopic (exact) mass is 251 g/mol. The second kappa shape index (κ2) is 6.35. The summed E-state index contributed by atoms with van der Waals surface area (Å²) in [6.45, 7) is 6.62. The van der Waals surface area contributed by atoms with Crippen molar-refractivity contribution in [2.75, 3.05) is 11.9 Å². The van der Waals surface area contributed by atoms with Crippen LogP contribution in [0, 0.1) is 23.0 Å². The van der Waals surface area contributed by atoms with E-state index in [1.54, 1.807) is 12.1 Å². The molecule has 0 aromatic heterocycles. The Labute approximate surface area is 108 Å². The van der Waals surface area contributed by atoms with E-state index >= 15 is 0 Å². The van der Waals surface area contributed by atoms with Gasteiger partial charge in [0, 0.05) is 30.4 Å². The maximum atomic E-state index is 10.8. The molecule has 0 aliphatic heterocycles.